The summed E-state index contributed by atoms with van der Waals surface area (Å²) < 4.78 is 5.06. The summed E-state index contributed by atoms with van der Waals surface area (Å²) in [7, 11) is 0. The molecule has 0 saturated carbocycles. The average Bonchev–Trinajstić information content (AvgIpc) is 2.98. The van der Waals surface area contributed by atoms with Crippen molar-refractivity contribution in [1.29, 1.82) is 0 Å². The molecule has 0 spiro atoms. The van der Waals surface area contributed by atoms with E-state index in [-0.39, 0.29) is 12.0 Å². The van der Waals surface area contributed by atoms with Crippen molar-refractivity contribution >= 4 is 22.4 Å². The molecule has 6 heteroatoms. The summed E-state index contributed by atoms with van der Waals surface area (Å²) in [6.07, 6.45) is 0.835. The summed E-state index contributed by atoms with van der Waals surface area (Å²) >= 11 is 1.70. The van der Waals surface area contributed by atoms with Crippen LogP contribution in [0, 0.1) is 6.92 Å². The number of aryl methyl sites for hydroxylation is 1. The second-order valence-electron chi connectivity index (χ2n) is 5.28. The maximum atomic E-state index is 11.6. The minimum absolute atomic E-state index is 0.0253. The minimum Gasteiger partial charge on any atom is -0.464 e. The summed E-state index contributed by atoms with van der Waals surface area (Å²) in [6, 6.07) is 0.357. The zero-order valence-corrected chi connectivity index (χ0v) is 12.2. The number of thiazole rings is 1. The second-order valence-corrected chi connectivity index (χ2v) is 6.12. The van der Waals surface area contributed by atoms with Gasteiger partial charge in [0.2, 0.25) is 0 Å². The molecule has 0 radical (unpaired) electrons. The van der Waals surface area contributed by atoms with E-state index < -0.39 is 0 Å². The molecule has 0 amide bonds. The fraction of sp³-hybridized carbons (Fsp3) is 0.692. The SMILES string of the molecule is Cc1csc(N2CCN(C3CCOC3=O)CC2C)n1. The predicted octanol–water partition coefficient (Wildman–Crippen LogP) is 1.28. The third kappa shape index (κ3) is 2.47. The Labute approximate surface area is 117 Å². The monoisotopic (exact) mass is 281 g/mol. The van der Waals surface area contributed by atoms with Crippen LogP contribution in [0.3, 0.4) is 0 Å². The molecule has 1 aromatic rings. The van der Waals surface area contributed by atoms with Gasteiger partial charge in [-0.15, -0.1) is 11.3 Å². The first kappa shape index (κ1) is 12.9. The first-order chi connectivity index (χ1) is 9.15. The molecular formula is C13H19N3O2S. The molecule has 2 atom stereocenters. The zero-order chi connectivity index (χ0) is 13.4. The van der Waals surface area contributed by atoms with Crippen molar-refractivity contribution in [2.24, 2.45) is 0 Å². The van der Waals surface area contributed by atoms with Gasteiger partial charge in [0.25, 0.3) is 0 Å². The van der Waals surface area contributed by atoms with Crippen LogP contribution >= 0.6 is 11.3 Å². The Kier molecular flexibility index (Phi) is 3.45. The lowest BCUT2D eigenvalue weighted by Crippen LogP contribution is -2.56. The maximum Gasteiger partial charge on any atom is 0.323 e. The first-order valence-corrected chi connectivity index (χ1v) is 7.62. The second kappa shape index (κ2) is 5.09. The topological polar surface area (TPSA) is 45.7 Å². The smallest absolute Gasteiger partial charge is 0.323 e. The van der Waals surface area contributed by atoms with Crippen LogP contribution in [0.1, 0.15) is 19.0 Å². The first-order valence-electron chi connectivity index (χ1n) is 6.74. The van der Waals surface area contributed by atoms with E-state index in [4.69, 9.17) is 4.74 Å². The standard InChI is InChI=1S/C13H19N3O2S/c1-9-8-19-13(14-9)16-5-4-15(7-10(16)2)11-3-6-18-12(11)17/h8,10-11H,3-7H2,1-2H3. The molecule has 19 heavy (non-hydrogen) atoms. The van der Waals surface area contributed by atoms with Gasteiger partial charge in [-0.25, -0.2) is 4.98 Å². The van der Waals surface area contributed by atoms with Crippen molar-refractivity contribution in [2.75, 3.05) is 31.1 Å². The molecular weight excluding hydrogens is 262 g/mol. The van der Waals surface area contributed by atoms with E-state index >= 15 is 0 Å². The van der Waals surface area contributed by atoms with Crippen LogP contribution in [0.4, 0.5) is 5.13 Å². The number of aromatic nitrogens is 1. The van der Waals surface area contributed by atoms with E-state index in [0.717, 1.165) is 36.9 Å². The molecule has 2 aliphatic heterocycles. The van der Waals surface area contributed by atoms with Gasteiger partial charge in [0.05, 0.1) is 12.3 Å². The maximum absolute atomic E-state index is 11.6. The number of piperazine rings is 1. The van der Waals surface area contributed by atoms with Crippen LogP contribution in [-0.4, -0.2) is 54.2 Å². The van der Waals surface area contributed by atoms with E-state index in [9.17, 15) is 4.79 Å². The van der Waals surface area contributed by atoms with Gasteiger partial charge in [0.15, 0.2) is 5.13 Å². The van der Waals surface area contributed by atoms with Gasteiger partial charge in [-0.05, 0) is 13.8 Å². The largest absolute Gasteiger partial charge is 0.464 e. The van der Waals surface area contributed by atoms with Gasteiger partial charge in [-0.1, -0.05) is 0 Å². The number of carbonyl (C=O) groups excluding carboxylic acids is 1. The number of cyclic esters (lactones) is 1. The lowest BCUT2D eigenvalue weighted by molar-refractivity contribution is -0.142. The van der Waals surface area contributed by atoms with Crippen molar-refractivity contribution in [3.05, 3.63) is 11.1 Å². The van der Waals surface area contributed by atoms with E-state index in [1.165, 1.54) is 0 Å². The van der Waals surface area contributed by atoms with Crippen LogP contribution in [-0.2, 0) is 9.53 Å². The molecule has 2 saturated heterocycles. The van der Waals surface area contributed by atoms with Crippen molar-refractivity contribution in [3.8, 4) is 0 Å². The van der Waals surface area contributed by atoms with Crippen molar-refractivity contribution in [1.82, 2.24) is 9.88 Å². The lowest BCUT2D eigenvalue weighted by Gasteiger charge is -2.41. The van der Waals surface area contributed by atoms with Crippen LogP contribution in [0.15, 0.2) is 5.38 Å². The Hall–Kier alpha value is -1.14. The van der Waals surface area contributed by atoms with Crippen LogP contribution in [0.5, 0.6) is 0 Å². The molecule has 2 aliphatic rings. The molecule has 2 fully saturated rings. The Balaban J connectivity index is 1.67. The summed E-state index contributed by atoms with van der Waals surface area (Å²) in [6.45, 7) is 7.53. The third-order valence-corrected chi connectivity index (χ3v) is 4.86. The van der Waals surface area contributed by atoms with Crippen LogP contribution in [0.2, 0.25) is 0 Å². The van der Waals surface area contributed by atoms with Gasteiger partial charge in [0, 0.05) is 37.5 Å². The van der Waals surface area contributed by atoms with E-state index in [0.29, 0.717) is 12.6 Å². The number of rotatable bonds is 2. The normalized spacial score (nSPS) is 28.7. The Bertz CT molecular complexity index is 476. The number of ether oxygens (including phenoxy) is 1. The highest BCUT2D eigenvalue weighted by molar-refractivity contribution is 7.13. The number of nitrogens with zero attached hydrogens (tertiary/aromatic N) is 3. The quantitative estimate of drug-likeness (QED) is 0.764. The highest BCUT2D eigenvalue weighted by Crippen LogP contribution is 2.26. The molecule has 104 valence electrons. The van der Waals surface area contributed by atoms with Crippen molar-refractivity contribution in [2.45, 2.75) is 32.4 Å². The van der Waals surface area contributed by atoms with E-state index in [1.807, 2.05) is 6.92 Å². The summed E-state index contributed by atoms with van der Waals surface area (Å²) in [5, 5.41) is 3.18. The number of carbonyl (C=O) groups is 1. The average molecular weight is 281 g/mol. The molecule has 5 nitrogen and oxygen atoms in total. The fourth-order valence-corrected chi connectivity index (χ4v) is 3.78. The van der Waals surface area contributed by atoms with Crippen LogP contribution in [0.25, 0.3) is 0 Å². The van der Waals surface area contributed by atoms with Crippen LogP contribution < -0.4 is 4.90 Å². The van der Waals surface area contributed by atoms with E-state index in [1.54, 1.807) is 11.3 Å². The molecule has 0 N–H and O–H groups in total. The van der Waals surface area contributed by atoms with E-state index in [2.05, 4.69) is 27.1 Å². The molecule has 0 aromatic carbocycles. The minimum atomic E-state index is -0.0502. The number of hydrogen-bond donors (Lipinski definition) is 0. The molecule has 1 aromatic heterocycles. The highest BCUT2D eigenvalue weighted by Gasteiger charge is 2.36. The summed E-state index contributed by atoms with van der Waals surface area (Å²) in [5.41, 5.74) is 1.08. The molecule has 0 aliphatic carbocycles. The Morgan fingerprint density at radius 2 is 2.32 bits per heavy atom. The summed E-state index contributed by atoms with van der Waals surface area (Å²) in [4.78, 5) is 20.8. The number of anilines is 1. The van der Waals surface area contributed by atoms with Gasteiger partial charge in [-0.3, -0.25) is 9.69 Å². The van der Waals surface area contributed by atoms with Crippen molar-refractivity contribution < 1.29 is 9.53 Å². The fourth-order valence-electron chi connectivity index (χ4n) is 2.84. The molecule has 0 bridgehead atoms. The molecule has 3 heterocycles. The molecule has 3 rings (SSSR count). The summed E-state index contributed by atoms with van der Waals surface area (Å²) in [5.74, 6) is -0.0502. The Morgan fingerprint density at radius 3 is 2.89 bits per heavy atom. The van der Waals surface area contributed by atoms with Gasteiger partial charge >= 0.3 is 5.97 Å². The lowest BCUT2D eigenvalue weighted by atomic mass is 10.1. The highest BCUT2D eigenvalue weighted by atomic mass is 32.1. The molecule has 2 unspecified atom stereocenters. The predicted molar refractivity (Wildman–Crippen MR) is 74.6 cm³/mol. The third-order valence-electron chi connectivity index (χ3n) is 3.86. The van der Waals surface area contributed by atoms with Gasteiger partial charge < -0.3 is 9.64 Å². The number of esters is 1. The van der Waals surface area contributed by atoms with Gasteiger partial charge in [-0.2, -0.15) is 0 Å². The Morgan fingerprint density at radius 1 is 1.47 bits per heavy atom. The van der Waals surface area contributed by atoms with Gasteiger partial charge in [0.1, 0.15) is 6.04 Å². The zero-order valence-electron chi connectivity index (χ0n) is 11.3. The van der Waals surface area contributed by atoms with Crippen molar-refractivity contribution in [3.63, 3.8) is 0 Å². The number of hydrogen-bond acceptors (Lipinski definition) is 6.